The molecule has 0 saturated heterocycles. The SMILES string of the molecule is CCO/C(C)=C/c1sc2ccccc2[n+]1CC.[O-][Cl+3]([O-])([O-])[O-]. The highest BCUT2D eigenvalue weighted by Crippen LogP contribution is 2.22. The lowest BCUT2D eigenvalue weighted by Gasteiger charge is -2.17. The summed E-state index contributed by atoms with van der Waals surface area (Å²) < 4.78 is 43.1. The van der Waals surface area contributed by atoms with Crippen molar-refractivity contribution >= 4 is 27.6 Å². The number of hydrogen-bond donors (Lipinski definition) is 0. The summed E-state index contributed by atoms with van der Waals surface area (Å²) in [5.41, 5.74) is 1.30. The topological polar surface area (TPSA) is 105 Å². The third kappa shape index (κ3) is 6.27. The molecule has 122 valence electrons. The summed E-state index contributed by atoms with van der Waals surface area (Å²) in [6, 6.07) is 8.51. The van der Waals surface area contributed by atoms with E-state index in [0.717, 1.165) is 18.9 Å². The first kappa shape index (κ1) is 18.8. The van der Waals surface area contributed by atoms with Crippen molar-refractivity contribution in [2.75, 3.05) is 6.61 Å². The minimum atomic E-state index is -4.94. The number of para-hydroxylation sites is 1. The molecular formula is C14H18ClNO5S. The first-order valence-electron chi connectivity index (χ1n) is 6.60. The molecule has 0 spiro atoms. The van der Waals surface area contributed by atoms with E-state index in [-0.39, 0.29) is 0 Å². The van der Waals surface area contributed by atoms with Crippen molar-refractivity contribution < 1.29 is 38.2 Å². The number of fused-ring (bicyclic) bond motifs is 1. The molecular weight excluding hydrogens is 330 g/mol. The van der Waals surface area contributed by atoms with Crippen LogP contribution in [0.3, 0.4) is 0 Å². The number of ether oxygens (including phenoxy) is 1. The van der Waals surface area contributed by atoms with Gasteiger partial charge in [-0.2, -0.15) is 4.57 Å². The molecule has 0 bridgehead atoms. The summed E-state index contributed by atoms with van der Waals surface area (Å²) in [5, 5.41) is 1.25. The number of hydrogen-bond acceptors (Lipinski definition) is 6. The van der Waals surface area contributed by atoms with Gasteiger partial charge in [-0.25, -0.2) is 18.6 Å². The van der Waals surface area contributed by atoms with E-state index in [4.69, 9.17) is 23.4 Å². The van der Waals surface area contributed by atoms with Gasteiger partial charge in [0.2, 0.25) is 5.52 Å². The average Bonchev–Trinajstić information content (AvgIpc) is 2.73. The maximum Gasteiger partial charge on any atom is 0.266 e. The fraction of sp³-hybridized carbons (Fsp3) is 0.357. The molecule has 0 saturated carbocycles. The van der Waals surface area contributed by atoms with Crippen LogP contribution in [0.15, 0.2) is 30.0 Å². The maximum absolute atomic E-state index is 8.49. The predicted octanol–water partition coefficient (Wildman–Crippen LogP) is -1.15. The molecule has 2 rings (SSSR count). The van der Waals surface area contributed by atoms with Crippen molar-refractivity contribution in [3.63, 3.8) is 0 Å². The molecule has 8 heteroatoms. The van der Waals surface area contributed by atoms with Gasteiger partial charge in [0.05, 0.1) is 12.7 Å². The summed E-state index contributed by atoms with van der Waals surface area (Å²) in [6.07, 6.45) is 2.12. The van der Waals surface area contributed by atoms with Crippen LogP contribution in [0, 0.1) is 10.2 Å². The van der Waals surface area contributed by atoms with Gasteiger partial charge < -0.3 is 4.74 Å². The Kier molecular flexibility index (Phi) is 7.21. The molecule has 0 amide bonds. The summed E-state index contributed by atoms with van der Waals surface area (Å²) >= 11 is 1.81. The summed E-state index contributed by atoms with van der Waals surface area (Å²) in [5.74, 6) is 0.973. The summed E-state index contributed by atoms with van der Waals surface area (Å²) in [4.78, 5) is 0. The summed E-state index contributed by atoms with van der Waals surface area (Å²) in [7, 11) is -4.94. The van der Waals surface area contributed by atoms with E-state index in [9.17, 15) is 0 Å². The molecule has 0 aliphatic heterocycles. The van der Waals surface area contributed by atoms with Gasteiger partial charge in [0.1, 0.15) is 17.0 Å². The van der Waals surface area contributed by atoms with Crippen LogP contribution in [0.5, 0.6) is 0 Å². The molecule has 1 heterocycles. The van der Waals surface area contributed by atoms with E-state index >= 15 is 0 Å². The van der Waals surface area contributed by atoms with E-state index in [1.54, 1.807) is 0 Å². The highest BCUT2D eigenvalue weighted by molar-refractivity contribution is 7.18. The summed E-state index contributed by atoms with van der Waals surface area (Å²) in [6.45, 7) is 7.89. The zero-order valence-electron chi connectivity index (χ0n) is 12.6. The van der Waals surface area contributed by atoms with Crippen molar-refractivity contribution in [2.45, 2.75) is 27.3 Å². The van der Waals surface area contributed by atoms with Gasteiger partial charge in [0.15, 0.2) is 0 Å². The van der Waals surface area contributed by atoms with E-state index in [1.165, 1.54) is 15.2 Å². The van der Waals surface area contributed by atoms with Gasteiger partial charge in [-0.3, -0.25) is 0 Å². The lowest BCUT2D eigenvalue weighted by molar-refractivity contribution is -2.00. The lowest BCUT2D eigenvalue weighted by atomic mass is 10.3. The number of nitrogens with zero attached hydrogens (tertiary/aromatic N) is 1. The fourth-order valence-electron chi connectivity index (χ4n) is 1.93. The third-order valence-corrected chi connectivity index (χ3v) is 3.76. The Morgan fingerprint density at radius 2 is 1.82 bits per heavy atom. The zero-order valence-corrected chi connectivity index (χ0v) is 14.1. The number of thiazole rings is 1. The maximum atomic E-state index is 8.49. The molecule has 0 N–H and O–H groups in total. The lowest BCUT2D eigenvalue weighted by Crippen LogP contribution is -2.68. The minimum Gasteiger partial charge on any atom is -0.498 e. The van der Waals surface area contributed by atoms with E-state index < -0.39 is 10.2 Å². The Morgan fingerprint density at radius 1 is 1.23 bits per heavy atom. The highest BCUT2D eigenvalue weighted by atomic mass is 35.7. The van der Waals surface area contributed by atoms with E-state index in [2.05, 4.69) is 41.8 Å². The second-order valence-corrected chi connectivity index (χ2v) is 6.04. The smallest absolute Gasteiger partial charge is 0.266 e. The Hall–Kier alpha value is -1.22. The molecule has 1 aromatic heterocycles. The van der Waals surface area contributed by atoms with Crippen LogP contribution in [0.25, 0.3) is 16.3 Å². The van der Waals surface area contributed by atoms with Gasteiger partial charge in [0.25, 0.3) is 5.01 Å². The van der Waals surface area contributed by atoms with Crippen LogP contribution in [-0.4, -0.2) is 6.61 Å². The number of rotatable bonds is 4. The normalized spacial score (nSPS) is 12.0. The van der Waals surface area contributed by atoms with Crippen molar-refractivity contribution in [3.05, 3.63) is 35.0 Å². The third-order valence-electron chi connectivity index (χ3n) is 2.65. The highest BCUT2D eigenvalue weighted by Gasteiger charge is 2.16. The van der Waals surface area contributed by atoms with Gasteiger partial charge in [0, 0.05) is 6.07 Å². The minimum absolute atomic E-state index is 0.722. The molecule has 0 radical (unpaired) electrons. The zero-order chi connectivity index (χ0) is 16.8. The Bertz CT molecular complexity index is 630. The number of benzene rings is 1. The van der Waals surface area contributed by atoms with Crippen molar-refractivity contribution in [1.82, 2.24) is 0 Å². The fourth-order valence-corrected chi connectivity index (χ4v) is 3.15. The van der Waals surface area contributed by atoms with E-state index in [1.807, 2.05) is 25.2 Å². The van der Waals surface area contributed by atoms with Gasteiger partial charge in [-0.1, -0.05) is 23.5 Å². The molecule has 0 fully saturated rings. The molecule has 2 aromatic rings. The predicted molar refractivity (Wildman–Crippen MR) is 73.0 cm³/mol. The molecule has 0 aliphatic rings. The number of aromatic nitrogens is 1. The molecule has 1 aromatic carbocycles. The van der Waals surface area contributed by atoms with Crippen LogP contribution < -0.4 is 23.2 Å². The Balaban J connectivity index is 0.000000422. The molecule has 0 atom stereocenters. The molecule has 6 nitrogen and oxygen atoms in total. The second-order valence-electron chi connectivity index (χ2n) is 4.22. The first-order chi connectivity index (χ1) is 10.3. The number of aryl methyl sites for hydroxylation is 1. The van der Waals surface area contributed by atoms with Crippen LogP contribution in [0.2, 0.25) is 0 Å². The van der Waals surface area contributed by atoms with Crippen molar-refractivity contribution in [2.24, 2.45) is 0 Å². The number of allylic oxidation sites excluding steroid dienone is 1. The monoisotopic (exact) mass is 347 g/mol. The van der Waals surface area contributed by atoms with Crippen molar-refractivity contribution in [1.29, 1.82) is 0 Å². The average molecular weight is 348 g/mol. The molecule has 0 aliphatic carbocycles. The van der Waals surface area contributed by atoms with Crippen LogP contribution in [0.4, 0.5) is 0 Å². The van der Waals surface area contributed by atoms with Gasteiger partial charge >= 0.3 is 0 Å². The Morgan fingerprint density at radius 3 is 2.36 bits per heavy atom. The van der Waals surface area contributed by atoms with Gasteiger partial charge in [-0.15, -0.1) is 10.2 Å². The Labute approximate surface area is 135 Å². The molecule has 22 heavy (non-hydrogen) atoms. The van der Waals surface area contributed by atoms with Crippen LogP contribution in [0.1, 0.15) is 25.8 Å². The standard InChI is InChI=1S/C14H18NOS.ClHO4/c1-4-15-12-8-6-7-9-13(12)17-14(15)10-11(3)16-5-2;2-1(3,4)5/h6-10H,4-5H2,1-3H3;(H,2,3,4,5)/q+1;/p-1/b11-10+;. The van der Waals surface area contributed by atoms with E-state index in [0.29, 0.717) is 0 Å². The van der Waals surface area contributed by atoms with Gasteiger partial charge in [-0.05, 0) is 26.8 Å². The molecule has 0 unspecified atom stereocenters. The quantitative estimate of drug-likeness (QED) is 0.513. The second kappa shape index (κ2) is 8.42. The number of halogens is 1. The van der Waals surface area contributed by atoms with Crippen LogP contribution in [-0.2, 0) is 11.3 Å². The largest absolute Gasteiger partial charge is 0.498 e. The van der Waals surface area contributed by atoms with Crippen molar-refractivity contribution in [3.8, 4) is 0 Å². The van der Waals surface area contributed by atoms with Crippen LogP contribution >= 0.6 is 11.3 Å². The first-order valence-corrected chi connectivity index (χ1v) is 8.65.